The fourth-order valence-corrected chi connectivity index (χ4v) is 3.30. The summed E-state index contributed by atoms with van der Waals surface area (Å²) >= 11 is 5.36. The van der Waals surface area contributed by atoms with Crippen LogP contribution in [0.4, 0.5) is 0 Å². The molecule has 0 bridgehead atoms. The maximum Gasteiger partial charge on any atom is 0.0321 e. The lowest BCUT2D eigenvalue weighted by Crippen LogP contribution is -2.20. The Hall–Kier alpha value is -0.640. The highest BCUT2D eigenvalue weighted by atomic mass is 79.9. The third kappa shape index (κ3) is 3.44. The standard InChI is InChI=1S/C15H18BrNS/c1-3-14(12-5-4-6-13(16)9-12)17-10-15-11(2)7-8-18-15/h4-9,14,17H,3,10H2,1-2H3. The number of nitrogens with one attached hydrogen (secondary N) is 1. The summed E-state index contributed by atoms with van der Waals surface area (Å²) in [5, 5.41) is 5.80. The molecule has 1 unspecified atom stereocenters. The van der Waals surface area contributed by atoms with Gasteiger partial charge < -0.3 is 5.32 Å². The molecule has 18 heavy (non-hydrogen) atoms. The van der Waals surface area contributed by atoms with Crippen molar-refractivity contribution in [1.29, 1.82) is 0 Å². The van der Waals surface area contributed by atoms with Crippen LogP contribution in [0.25, 0.3) is 0 Å². The van der Waals surface area contributed by atoms with E-state index in [0.717, 1.165) is 17.4 Å². The van der Waals surface area contributed by atoms with Gasteiger partial charge in [-0.2, -0.15) is 0 Å². The predicted octanol–water partition coefficient (Wildman–Crippen LogP) is 5.06. The first-order valence-electron chi connectivity index (χ1n) is 6.22. The first-order valence-corrected chi connectivity index (χ1v) is 7.89. The summed E-state index contributed by atoms with van der Waals surface area (Å²) in [5.74, 6) is 0. The highest BCUT2D eigenvalue weighted by Crippen LogP contribution is 2.22. The number of rotatable bonds is 5. The Morgan fingerprint density at radius 3 is 2.78 bits per heavy atom. The van der Waals surface area contributed by atoms with E-state index in [9.17, 15) is 0 Å². The topological polar surface area (TPSA) is 12.0 Å². The van der Waals surface area contributed by atoms with Crippen molar-refractivity contribution in [2.45, 2.75) is 32.9 Å². The van der Waals surface area contributed by atoms with E-state index in [1.807, 2.05) is 11.3 Å². The molecular formula is C15H18BrNS. The van der Waals surface area contributed by atoms with E-state index in [-0.39, 0.29) is 0 Å². The number of aryl methyl sites for hydroxylation is 1. The van der Waals surface area contributed by atoms with E-state index in [4.69, 9.17) is 0 Å². The highest BCUT2D eigenvalue weighted by molar-refractivity contribution is 9.10. The minimum absolute atomic E-state index is 0.420. The van der Waals surface area contributed by atoms with Crippen molar-refractivity contribution in [3.05, 3.63) is 56.2 Å². The van der Waals surface area contributed by atoms with Gasteiger partial charge in [0.15, 0.2) is 0 Å². The molecule has 0 aliphatic rings. The number of hydrogen-bond acceptors (Lipinski definition) is 2. The Labute approximate surface area is 121 Å². The molecule has 2 rings (SSSR count). The average Bonchev–Trinajstić information content (AvgIpc) is 2.76. The monoisotopic (exact) mass is 323 g/mol. The molecule has 1 nitrogen and oxygen atoms in total. The van der Waals surface area contributed by atoms with Gasteiger partial charge in [0.25, 0.3) is 0 Å². The molecule has 1 aromatic heterocycles. The van der Waals surface area contributed by atoms with Crippen LogP contribution in [0.1, 0.15) is 35.4 Å². The van der Waals surface area contributed by atoms with E-state index in [0.29, 0.717) is 6.04 Å². The normalized spacial score (nSPS) is 12.6. The summed E-state index contributed by atoms with van der Waals surface area (Å²) in [4.78, 5) is 1.43. The van der Waals surface area contributed by atoms with E-state index >= 15 is 0 Å². The van der Waals surface area contributed by atoms with Crippen molar-refractivity contribution in [3.8, 4) is 0 Å². The van der Waals surface area contributed by atoms with Crippen LogP contribution in [0.15, 0.2) is 40.2 Å². The lowest BCUT2D eigenvalue weighted by Gasteiger charge is -2.17. The molecule has 1 aromatic carbocycles. The molecule has 1 N–H and O–H groups in total. The van der Waals surface area contributed by atoms with E-state index in [1.165, 1.54) is 16.0 Å². The first kappa shape index (κ1) is 13.8. The number of halogens is 1. The summed E-state index contributed by atoms with van der Waals surface area (Å²) < 4.78 is 1.15. The molecule has 3 heteroatoms. The van der Waals surface area contributed by atoms with Crippen molar-refractivity contribution < 1.29 is 0 Å². The zero-order valence-corrected chi connectivity index (χ0v) is 13.1. The molecule has 0 saturated heterocycles. The molecule has 1 atom stereocenters. The zero-order valence-electron chi connectivity index (χ0n) is 10.7. The molecule has 2 aromatic rings. The van der Waals surface area contributed by atoms with Crippen LogP contribution in [0.3, 0.4) is 0 Å². The molecule has 0 amide bonds. The van der Waals surface area contributed by atoms with Gasteiger partial charge in [-0.15, -0.1) is 11.3 Å². The van der Waals surface area contributed by atoms with Gasteiger partial charge in [0.2, 0.25) is 0 Å². The fraction of sp³-hybridized carbons (Fsp3) is 0.333. The van der Waals surface area contributed by atoms with Crippen LogP contribution < -0.4 is 5.32 Å². The average molecular weight is 324 g/mol. The van der Waals surface area contributed by atoms with Crippen LogP contribution in [-0.4, -0.2) is 0 Å². The van der Waals surface area contributed by atoms with Crippen LogP contribution in [0, 0.1) is 6.92 Å². The van der Waals surface area contributed by atoms with E-state index in [2.05, 4.69) is 70.8 Å². The highest BCUT2D eigenvalue weighted by Gasteiger charge is 2.10. The summed E-state index contributed by atoms with van der Waals surface area (Å²) in [6, 6.07) is 11.2. The lowest BCUT2D eigenvalue weighted by molar-refractivity contribution is 0.521. The number of hydrogen-bond donors (Lipinski definition) is 1. The van der Waals surface area contributed by atoms with Gasteiger partial charge in [0, 0.05) is 21.9 Å². The molecule has 0 fully saturated rings. The summed E-state index contributed by atoms with van der Waals surface area (Å²) in [6.07, 6.45) is 1.10. The van der Waals surface area contributed by atoms with Crippen LogP contribution in [0.5, 0.6) is 0 Å². The second-order valence-corrected chi connectivity index (χ2v) is 6.34. The SMILES string of the molecule is CCC(NCc1sccc1C)c1cccc(Br)c1. The van der Waals surface area contributed by atoms with Crippen LogP contribution in [0.2, 0.25) is 0 Å². The third-order valence-electron chi connectivity index (χ3n) is 3.14. The van der Waals surface area contributed by atoms with Gasteiger partial charge in [0.05, 0.1) is 0 Å². The maximum absolute atomic E-state index is 3.65. The maximum atomic E-state index is 3.65. The Morgan fingerprint density at radius 2 is 2.17 bits per heavy atom. The quantitative estimate of drug-likeness (QED) is 0.810. The Balaban J connectivity index is 2.04. The molecule has 0 aliphatic carbocycles. The van der Waals surface area contributed by atoms with Crippen LogP contribution >= 0.6 is 27.3 Å². The molecule has 1 heterocycles. The molecule has 0 radical (unpaired) electrons. The fourth-order valence-electron chi connectivity index (χ4n) is 2.02. The third-order valence-corrected chi connectivity index (χ3v) is 4.65. The van der Waals surface area contributed by atoms with Gasteiger partial charge >= 0.3 is 0 Å². The minimum atomic E-state index is 0.420. The Morgan fingerprint density at radius 1 is 1.33 bits per heavy atom. The van der Waals surface area contributed by atoms with Crippen molar-refractivity contribution >= 4 is 27.3 Å². The van der Waals surface area contributed by atoms with Crippen molar-refractivity contribution in [3.63, 3.8) is 0 Å². The Bertz CT molecular complexity index is 507. The second-order valence-electron chi connectivity index (χ2n) is 4.42. The lowest BCUT2D eigenvalue weighted by atomic mass is 10.0. The summed E-state index contributed by atoms with van der Waals surface area (Å²) in [7, 11) is 0. The van der Waals surface area contributed by atoms with Gasteiger partial charge in [-0.05, 0) is 48.1 Å². The van der Waals surface area contributed by atoms with Crippen molar-refractivity contribution in [1.82, 2.24) is 5.32 Å². The molecule has 0 saturated carbocycles. The zero-order chi connectivity index (χ0) is 13.0. The van der Waals surface area contributed by atoms with Crippen molar-refractivity contribution in [2.24, 2.45) is 0 Å². The summed E-state index contributed by atoms with van der Waals surface area (Å²) in [5.41, 5.74) is 2.73. The minimum Gasteiger partial charge on any atom is -0.305 e. The molecule has 96 valence electrons. The van der Waals surface area contributed by atoms with Gasteiger partial charge in [0.1, 0.15) is 0 Å². The first-order chi connectivity index (χ1) is 8.70. The van der Waals surface area contributed by atoms with Crippen molar-refractivity contribution in [2.75, 3.05) is 0 Å². The molecular weight excluding hydrogens is 306 g/mol. The van der Waals surface area contributed by atoms with Gasteiger partial charge in [-0.3, -0.25) is 0 Å². The number of thiophene rings is 1. The smallest absolute Gasteiger partial charge is 0.0321 e. The summed E-state index contributed by atoms with van der Waals surface area (Å²) in [6.45, 7) is 5.35. The largest absolute Gasteiger partial charge is 0.305 e. The molecule has 0 aliphatic heterocycles. The Kier molecular flexibility index (Phi) is 4.98. The number of benzene rings is 1. The van der Waals surface area contributed by atoms with Gasteiger partial charge in [-0.1, -0.05) is 35.0 Å². The van der Waals surface area contributed by atoms with E-state index < -0.39 is 0 Å². The van der Waals surface area contributed by atoms with E-state index in [1.54, 1.807) is 0 Å². The predicted molar refractivity (Wildman–Crippen MR) is 83.1 cm³/mol. The second kappa shape index (κ2) is 6.50. The molecule has 0 spiro atoms. The van der Waals surface area contributed by atoms with Crippen LogP contribution in [-0.2, 0) is 6.54 Å². The van der Waals surface area contributed by atoms with Gasteiger partial charge in [-0.25, -0.2) is 0 Å².